The van der Waals surface area contributed by atoms with Crippen LogP contribution in [0.15, 0.2) is 28.2 Å². The van der Waals surface area contributed by atoms with E-state index in [-0.39, 0.29) is 10.8 Å². The topological polar surface area (TPSA) is 24.9 Å². The Labute approximate surface area is 124 Å². The maximum atomic E-state index is 12.4. The predicted molar refractivity (Wildman–Crippen MR) is 73.6 cm³/mol. The minimum atomic E-state index is -4.44. The van der Waals surface area contributed by atoms with Crippen molar-refractivity contribution in [2.45, 2.75) is 12.7 Å². The maximum Gasteiger partial charge on any atom is 0.417 e. The minimum Gasteiger partial charge on any atom is -0.364 e. The zero-order valence-corrected chi connectivity index (χ0v) is 12.4. The van der Waals surface area contributed by atoms with E-state index in [0.29, 0.717) is 6.54 Å². The number of anilines is 1. The summed E-state index contributed by atoms with van der Waals surface area (Å²) in [7, 11) is 0. The fraction of sp³-hybridized carbons (Fsp3) is 0.182. The lowest BCUT2D eigenvalue weighted by atomic mass is 10.3. The van der Waals surface area contributed by atoms with Gasteiger partial charge < -0.3 is 5.32 Å². The number of hydrogen-bond acceptors (Lipinski definition) is 3. The number of halogens is 5. The van der Waals surface area contributed by atoms with Gasteiger partial charge in [-0.2, -0.15) is 13.2 Å². The number of alkyl halides is 3. The van der Waals surface area contributed by atoms with Crippen LogP contribution >= 0.6 is 38.9 Å². The Hall–Kier alpha value is -0.790. The summed E-state index contributed by atoms with van der Waals surface area (Å²) in [6, 6.07) is 4.66. The van der Waals surface area contributed by atoms with Crippen LogP contribution < -0.4 is 5.32 Å². The molecule has 0 aliphatic heterocycles. The third-order valence-corrected chi connectivity index (χ3v) is 4.14. The number of pyridine rings is 1. The van der Waals surface area contributed by atoms with Crippen LogP contribution in [0, 0.1) is 0 Å². The first-order chi connectivity index (χ1) is 8.86. The van der Waals surface area contributed by atoms with E-state index >= 15 is 0 Å². The highest BCUT2D eigenvalue weighted by Crippen LogP contribution is 2.32. The van der Waals surface area contributed by atoms with Crippen LogP contribution in [0.1, 0.15) is 10.4 Å². The van der Waals surface area contributed by atoms with Crippen LogP contribution in [0.2, 0.25) is 5.02 Å². The summed E-state index contributed by atoms with van der Waals surface area (Å²) in [6.45, 7) is 0.453. The molecular weight excluding hydrogens is 365 g/mol. The zero-order chi connectivity index (χ0) is 14.0. The Kier molecular flexibility index (Phi) is 4.37. The first kappa shape index (κ1) is 14.6. The van der Waals surface area contributed by atoms with Gasteiger partial charge in [-0.25, -0.2) is 4.98 Å². The normalized spacial score (nSPS) is 11.6. The van der Waals surface area contributed by atoms with E-state index in [0.717, 1.165) is 20.9 Å². The highest BCUT2D eigenvalue weighted by molar-refractivity contribution is 9.11. The third-order valence-electron chi connectivity index (χ3n) is 2.23. The largest absolute Gasteiger partial charge is 0.417 e. The van der Waals surface area contributed by atoms with Crippen molar-refractivity contribution >= 4 is 44.7 Å². The molecular formula is C11H7BrClF3N2S. The number of rotatable bonds is 3. The van der Waals surface area contributed by atoms with Crippen molar-refractivity contribution in [1.82, 2.24) is 4.98 Å². The summed E-state index contributed by atoms with van der Waals surface area (Å²) in [5, 5.41) is 2.85. The average Bonchev–Trinajstić information content (AvgIpc) is 2.72. The van der Waals surface area contributed by atoms with Crippen molar-refractivity contribution in [2.75, 3.05) is 5.32 Å². The highest BCUT2D eigenvalue weighted by Gasteiger charge is 2.31. The smallest absolute Gasteiger partial charge is 0.364 e. The van der Waals surface area contributed by atoms with Crippen molar-refractivity contribution in [3.05, 3.63) is 43.6 Å². The number of aromatic nitrogens is 1. The number of hydrogen-bond donors (Lipinski definition) is 1. The van der Waals surface area contributed by atoms with E-state index < -0.39 is 11.7 Å². The molecule has 102 valence electrons. The van der Waals surface area contributed by atoms with Gasteiger partial charge in [0.1, 0.15) is 5.82 Å². The van der Waals surface area contributed by atoms with Gasteiger partial charge in [-0.3, -0.25) is 0 Å². The van der Waals surface area contributed by atoms with Crippen molar-refractivity contribution in [1.29, 1.82) is 0 Å². The molecule has 2 aromatic rings. The molecule has 2 rings (SSSR count). The third kappa shape index (κ3) is 3.84. The predicted octanol–water partition coefficient (Wildman–Crippen LogP) is 5.19. The Morgan fingerprint density at radius 3 is 2.63 bits per heavy atom. The summed E-state index contributed by atoms with van der Waals surface area (Å²) in [5.74, 6) is 0.235. The molecule has 1 N–H and O–H groups in total. The standard InChI is InChI=1S/C11H7BrClF3N2S/c12-9-2-1-7(19-9)5-18-10-8(13)3-6(4-17-10)11(14,15)16/h1-4H,5H2,(H,17,18). The van der Waals surface area contributed by atoms with Crippen LogP contribution in [0.4, 0.5) is 19.0 Å². The molecule has 0 aliphatic rings. The first-order valence-electron chi connectivity index (χ1n) is 5.07. The SMILES string of the molecule is FC(F)(F)c1cnc(NCc2ccc(Br)s2)c(Cl)c1. The number of thiophene rings is 1. The molecule has 0 saturated carbocycles. The van der Waals surface area contributed by atoms with E-state index in [4.69, 9.17) is 11.6 Å². The van der Waals surface area contributed by atoms with Crippen molar-refractivity contribution < 1.29 is 13.2 Å². The monoisotopic (exact) mass is 370 g/mol. The van der Waals surface area contributed by atoms with Crippen molar-refractivity contribution in [3.8, 4) is 0 Å². The molecule has 2 aromatic heterocycles. The van der Waals surface area contributed by atoms with E-state index in [9.17, 15) is 13.2 Å². The van der Waals surface area contributed by atoms with E-state index in [1.165, 1.54) is 11.3 Å². The highest BCUT2D eigenvalue weighted by atomic mass is 79.9. The van der Waals surface area contributed by atoms with E-state index in [1.807, 2.05) is 12.1 Å². The second-order valence-corrected chi connectivity index (χ2v) is 6.57. The first-order valence-corrected chi connectivity index (χ1v) is 7.06. The quantitative estimate of drug-likeness (QED) is 0.803. The van der Waals surface area contributed by atoms with Crippen LogP contribution in [0.25, 0.3) is 0 Å². The summed E-state index contributed by atoms with van der Waals surface area (Å²) >= 11 is 10.6. The molecule has 0 aromatic carbocycles. The summed E-state index contributed by atoms with van der Waals surface area (Å²) < 4.78 is 38.3. The molecule has 0 fully saturated rings. The van der Waals surface area contributed by atoms with Crippen LogP contribution in [0.5, 0.6) is 0 Å². The van der Waals surface area contributed by atoms with Crippen LogP contribution in [-0.2, 0) is 12.7 Å². The van der Waals surface area contributed by atoms with Gasteiger partial charge in [0.05, 0.1) is 20.9 Å². The molecule has 0 radical (unpaired) electrons. The molecule has 2 heterocycles. The molecule has 0 amide bonds. The zero-order valence-electron chi connectivity index (χ0n) is 9.26. The van der Waals surface area contributed by atoms with Gasteiger partial charge in [-0.05, 0) is 34.1 Å². The van der Waals surface area contributed by atoms with E-state index in [1.54, 1.807) is 0 Å². The fourth-order valence-electron chi connectivity index (χ4n) is 1.34. The number of nitrogens with zero attached hydrogens (tertiary/aromatic N) is 1. The number of nitrogens with one attached hydrogen (secondary N) is 1. The molecule has 0 spiro atoms. The van der Waals surface area contributed by atoms with Gasteiger partial charge in [0.2, 0.25) is 0 Å². The van der Waals surface area contributed by atoms with Gasteiger partial charge in [0.25, 0.3) is 0 Å². The molecule has 2 nitrogen and oxygen atoms in total. The van der Waals surface area contributed by atoms with Crippen LogP contribution in [-0.4, -0.2) is 4.98 Å². The lowest BCUT2D eigenvalue weighted by molar-refractivity contribution is -0.137. The summed E-state index contributed by atoms with van der Waals surface area (Å²) in [5.41, 5.74) is -0.859. The maximum absolute atomic E-state index is 12.4. The molecule has 0 aliphatic carbocycles. The fourth-order valence-corrected chi connectivity index (χ4v) is 3.00. The van der Waals surface area contributed by atoms with Gasteiger partial charge >= 0.3 is 6.18 Å². The van der Waals surface area contributed by atoms with Gasteiger partial charge in [-0.1, -0.05) is 11.6 Å². The second kappa shape index (κ2) is 5.68. The molecule has 8 heteroatoms. The Morgan fingerprint density at radius 1 is 1.37 bits per heavy atom. The lowest BCUT2D eigenvalue weighted by Gasteiger charge is -2.10. The molecule has 0 unspecified atom stereocenters. The molecule has 19 heavy (non-hydrogen) atoms. The second-order valence-electron chi connectivity index (χ2n) is 3.61. The summed E-state index contributed by atoms with van der Waals surface area (Å²) in [6.07, 6.45) is -3.67. The van der Waals surface area contributed by atoms with Gasteiger partial charge in [-0.15, -0.1) is 11.3 Å². The van der Waals surface area contributed by atoms with Gasteiger partial charge in [0, 0.05) is 11.1 Å². The Morgan fingerprint density at radius 2 is 2.11 bits per heavy atom. The van der Waals surface area contributed by atoms with Crippen LogP contribution in [0.3, 0.4) is 0 Å². The molecule has 0 saturated heterocycles. The molecule has 0 atom stereocenters. The Balaban J connectivity index is 2.09. The Bertz CT molecular complexity index is 586. The summed E-state index contributed by atoms with van der Waals surface area (Å²) in [4.78, 5) is 4.71. The van der Waals surface area contributed by atoms with E-state index in [2.05, 4.69) is 26.2 Å². The van der Waals surface area contributed by atoms with Crippen molar-refractivity contribution in [2.24, 2.45) is 0 Å². The molecule has 0 bridgehead atoms. The lowest BCUT2D eigenvalue weighted by Crippen LogP contribution is -2.07. The minimum absolute atomic E-state index is 0.0505. The van der Waals surface area contributed by atoms with Gasteiger partial charge in [0.15, 0.2) is 0 Å². The average molecular weight is 372 g/mol. The van der Waals surface area contributed by atoms with Crippen molar-refractivity contribution in [3.63, 3.8) is 0 Å².